The van der Waals surface area contributed by atoms with Gasteiger partial charge >= 0.3 is 0 Å². The van der Waals surface area contributed by atoms with E-state index in [9.17, 15) is 4.79 Å². The fraction of sp³-hybridized carbons (Fsp3) is 0.462. The van der Waals surface area contributed by atoms with E-state index >= 15 is 0 Å². The molecule has 0 aromatic heterocycles. The molecule has 1 rings (SSSR count). The molecular weight excluding hydrogens is 246 g/mol. The number of carbonyl (C=O) groups is 1. The van der Waals surface area contributed by atoms with Crippen LogP contribution in [-0.4, -0.2) is 38.6 Å². The van der Waals surface area contributed by atoms with Crippen molar-refractivity contribution in [3.63, 3.8) is 0 Å². The van der Waals surface area contributed by atoms with Crippen molar-refractivity contribution in [1.29, 1.82) is 0 Å². The molecule has 1 amide bonds. The number of amides is 1. The van der Waals surface area contributed by atoms with Crippen LogP contribution in [0.5, 0.6) is 0 Å². The molecule has 100 valence electrons. The van der Waals surface area contributed by atoms with Gasteiger partial charge in [-0.05, 0) is 36.6 Å². The van der Waals surface area contributed by atoms with Crippen LogP contribution in [0.25, 0.3) is 0 Å². The molecule has 0 heterocycles. The SMILES string of the molecule is CSCCCNC(=O)c1cc(N)ccc1N(C)C. The van der Waals surface area contributed by atoms with Gasteiger partial charge in [0.25, 0.3) is 5.91 Å². The van der Waals surface area contributed by atoms with Gasteiger partial charge in [-0.2, -0.15) is 11.8 Å². The van der Waals surface area contributed by atoms with E-state index in [2.05, 4.69) is 11.6 Å². The van der Waals surface area contributed by atoms with Gasteiger partial charge in [-0.15, -0.1) is 0 Å². The van der Waals surface area contributed by atoms with Crippen LogP contribution >= 0.6 is 11.8 Å². The second-order valence-electron chi connectivity index (χ2n) is 4.27. The second-order valence-corrected chi connectivity index (χ2v) is 5.26. The summed E-state index contributed by atoms with van der Waals surface area (Å²) in [5.74, 6) is 0.990. The normalized spacial score (nSPS) is 10.2. The number of benzene rings is 1. The number of nitrogens with two attached hydrogens (primary N) is 1. The molecule has 0 radical (unpaired) electrons. The number of nitrogen functional groups attached to an aromatic ring is 1. The highest BCUT2D eigenvalue weighted by Gasteiger charge is 2.12. The van der Waals surface area contributed by atoms with Crippen LogP contribution in [-0.2, 0) is 0 Å². The standard InChI is InChI=1S/C13H21N3OS/c1-16(2)12-6-5-10(14)9-11(12)13(17)15-7-4-8-18-3/h5-6,9H,4,7-8,14H2,1-3H3,(H,15,17). The number of nitrogens with one attached hydrogen (secondary N) is 1. The molecule has 1 aromatic rings. The summed E-state index contributed by atoms with van der Waals surface area (Å²) >= 11 is 1.78. The maximum absolute atomic E-state index is 12.1. The van der Waals surface area contributed by atoms with Crippen LogP contribution in [0.2, 0.25) is 0 Å². The summed E-state index contributed by atoms with van der Waals surface area (Å²) in [5.41, 5.74) is 7.86. The summed E-state index contributed by atoms with van der Waals surface area (Å²) in [4.78, 5) is 14.0. The van der Waals surface area contributed by atoms with Gasteiger partial charge in [0.05, 0.1) is 5.56 Å². The second kappa shape index (κ2) is 7.16. The van der Waals surface area contributed by atoms with Gasteiger partial charge in [0.15, 0.2) is 0 Å². The number of nitrogens with zero attached hydrogens (tertiary/aromatic N) is 1. The smallest absolute Gasteiger partial charge is 0.253 e. The quantitative estimate of drug-likeness (QED) is 0.610. The molecular formula is C13H21N3OS. The van der Waals surface area contributed by atoms with E-state index in [4.69, 9.17) is 5.73 Å². The Balaban J connectivity index is 2.74. The zero-order chi connectivity index (χ0) is 13.5. The molecule has 4 nitrogen and oxygen atoms in total. The van der Waals surface area contributed by atoms with Gasteiger partial charge in [-0.1, -0.05) is 0 Å². The predicted octanol–water partition coefficient (Wildman–Crippen LogP) is 1.82. The lowest BCUT2D eigenvalue weighted by molar-refractivity contribution is 0.0954. The van der Waals surface area contributed by atoms with Gasteiger partial charge in [0.1, 0.15) is 0 Å². The minimum Gasteiger partial charge on any atom is -0.399 e. The van der Waals surface area contributed by atoms with Crippen molar-refractivity contribution in [2.45, 2.75) is 6.42 Å². The average molecular weight is 267 g/mol. The molecule has 18 heavy (non-hydrogen) atoms. The lowest BCUT2D eigenvalue weighted by Gasteiger charge is -2.17. The number of hydrogen-bond donors (Lipinski definition) is 2. The number of anilines is 2. The van der Waals surface area contributed by atoms with E-state index < -0.39 is 0 Å². The first-order chi connectivity index (χ1) is 8.56. The Morgan fingerprint density at radius 1 is 1.44 bits per heavy atom. The fourth-order valence-corrected chi connectivity index (χ4v) is 2.07. The third-order valence-electron chi connectivity index (χ3n) is 2.56. The summed E-state index contributed by atoms with van der Waals surface area (Å²) in [6.07, 6.45) is 3.04. The molecule has 0 spiro atoms. The summed E-state index contributed by atoms with van der Waals surface area (Å²) in [5, 5.41) is 2.92. The Morgan fingerprint density at radius 3 is 2.78 bits per heavy atom. The van der Waals surface area contributed by atoms with E-state index in [0.29, 0.717) is 17.8 Å². The van der Waals surface area contributed by atoms with Gasteiger partial charge < -0.3 is 16.0 Å². The highest BCUT2D eigenvalue weighted by atomic mass is 32.2. The van der Waals surface area contributed by atoms with Gasteiger partial charge in [0.2, 0.25) is 0 Å². The molecule has 0 aliphatic rings. The van der Waals surface area contributed by atoms with Gasteiger partial charge in [-0.3, -0.25) is 4.79 Å². The Labute approximate surface area is 113 Å². The third-order valence-corrected chi connectivity index (χ3v) is 3.25. The van der Waals surface area contributed by atoms with Crippen molar-refractivity contribution in [3.8, 4) is 0 Å². The van der Waals surface area contributed by atoms with Crippen molar-refractivity contribution >= 4 is 29.0 Å². The Hall–Kier alpha value is -1.36. The van der Waals surface area contributed by atoms with E-state index in [1.54, 1.807) is 23.9 Å². The van der Waals surface area contributed by atoms with Crippen LogP contribution in [0.3, 0.4) is 0 Å². The maximum atomic E-state index is 12.1. The fourth-order valence-electron chi connectivity index (χ4n) is 1.64. The molecule has 0 bridgehead atoms. The zero-order valence-electron chi connectivity index (χ0n) is 11.2. The number of carbonyl (C=O) groups excluding carboxylic acids is 1. The highest BCUT2D eigenvalue weighted by molar-refractivity contribution is 7.98. The molecule has 0 saturated carbocycles. The van der Waals surface area contributed by atoms with Crippen LogP contribution in [0, 0.1) is 0 Å². The predicted molar refractivity (Wildman–Crippen MR) is 80.5 cm³/mol. The van der Waals surface area contributed by atoms with Crippen LogP contribution in [0.4, 0.5) is 11.4 Å². The van der Waals surface area contributed by atoms with Crippen molar-refractivity contribution in [1.82, 2.24) is 5.32 Å². The monoisotopic (exact) mass is 267 g/mol. The van der Waals surface area contributed by atoms with E-state index in [1.165, 1.54) is 0 Å². The summed E-state index contributed by atoms with van der Waals surface area (Å²) in [6, 6.07) is 5.39. The minimum atomic E-state index is -0.0629. The summed E-state index contributed by atoms with van der Waals surface area (Å²) in [7, 11) is 3.83. The highest BCUT2D eigenvalue weighted by Crippen LogP contribution is 2.21. The molecule has 0 atom stereocenters. The molecule has 1 aromatic carbocycles. The Bertz CT molecular complexity index is 407. The van der Waals surface area contributed by atoms with Crippen LogP contribution in [0.1, 0.15) is 16.8 Å². The number of thioether (sulfide) groups is 1. The van der Waals surface area contributed by atoms with Crippen LogP contribution < -0.4 is 16.0 Å². The molecule has 0 unspecified atom stereocenters. The van der Waals surface area contributed by atoms with Crippen LogP contribution in [0.15, 0.2) is 18.2 Å². The van der Waals surface area contributed by atoms with Crippen molar-refractivity contribution in [2.24, 2.45) is 0 Å². The Kier molecular flexibility index (Phi) is 5.85. The van der Waals surface area contributed by atoms with Gasteiger partial charge in [0, 0.05) is 32.0 Å². The van der Waals surface area contributed by atoms with E-state index in [0.717, 1.165) is 17.9 Å². The first-order valence-electron chi connectivity index (χ1n) is 5.90. The molecule has 5 heteroatoms. The Morgan fingerprint density at radius 2 is 2.17 bits per heavy atom. The first-order valence-corrected chi connectivity index (χ1v) is 7.29. The van der Waals surface area contributed by atoms with Crippen molar-refractivity contribution in [2.75, 3.05) is 43.3 Å². The first kappa shape index (κ1) is 14.7. The maximum Gasteiger partial charge on any atom is 0.253 e. The van der Waals surface area contributed by atoms with E-state index in [-0.39, 0.29) is 5.91 Å². The third kappa shape index (κ3) is 4.14. The molecule has 0 saturated heterocycles. The zero-order valence-corrected chi connectivity index (χ0v) is 12.0. The van der Waals surface area contributed by atoms with Gasteiger partial charge in [-0.25, -0.2) is 0 Å². The van der Waals surface area contributed by atoms with Crippen molar-refractivity contribution in [3.05, 3.63) is 23.8 Å². The molecule has 3 N–H and O–H groups in total. The van der Waals surface area contributed by atoms with E-state index in [1.807, 2.05) is 25.1 Å². The number of rotatable bonds is 6. The molecule has 0 aliphatic heterocycles. The molecule has 0 aliphatic carbocycles. The number of hydrogen-bond acceptors (Lipinski definition) is 4. The minimum absolute atomic E-state index is 0.0629. The largest absolute Gasteiger partial charge is 0.399 e. The molecule has 0 fully saturated rings. The lowest BCUT2D eigenvalue weighted by Crippen LogP contribution is -2.27. The summed E-state index contributed by atoms with van der Waals surface area (Å²) in [6.45, 7) is 0.696. The summed E-state index contributed by atoms with van der Waals surface area (Å²) < 4.78 is 0. The topological polar surface area (TPSA) is 58.4 Å². The van der Waals surface area contributed by atoms with Crippen molar-refractivity contribution < 1.29 is 4.79 Å². The average Bonchev–Trinajstić information content (AvgIpc) is 2.34. The lowest BCUT2D eigenvalue weighted by atomic mass is 10.1.